The van der Waals surface area contributed by atoms with E-state index < -0.39 is 0 Å². The Morgan fingerprint density at radius 1 is 1.29 bits per heavy atom. The van der Waals surface area contributed by atoms with Gasteiger partial charge in [-0.05, 0) is 13.6 Å². The van der Waals surface area contributed by atoms with Gasteiger partial charge in [0.15, 0.2) is 0 Å². The number of fused-ring (bicyclic) bond motifs is 1. The molecule has 2 heteroatoms. The second-order valence-corrected chi connectivity index (χ2v) is 3.44. The minimum Gasteiger partial charge on any atom is -0.335 e. The topological polar surface area (TPSA) is 3.24 Å². The Morgan fingerprint density at radius 2 is 1.86 bits per heavy atom. The standard InChI is InChI=1S/C9H10N.C3H7.Y/c1-10-6-8-4-2-3-5-9(8)7-10;1-3-2;/h2,4-5H,6-7H2,1H3;3H,1-2H3;/q2*-1;+3. The number of hydrogen-bond donors (Lipinski definition) is 0. The van der Waals surface area contributed by atoms with Gasteiger partial charge in [-0.2, -0.15) is 38.1 Å². The molecule has 0 saturated carbocycles. The second-order valence-electron chi connectivity index (χ2n) is 3.44. The third-order valence-electron chi connectivity index (χ3n) is 1.93. The van der Waals surface area contributed by atoms with Crippen molar-refractivity contribution in [1.29, 1.82) is 0 Å². The zero-order chi connectivity index (χ0) is 9.68. The predicted molar refractivity (Wildman–Crippen MR) is 56.1 cm³/mol. The van der Waals surface area contributed by atoms with Crippen LogP contribution in [0.15, 0.2) is 18.2 Å². The summed E-state index contributed by atoms with van der Waals surface area (Å²) in [7, 11) is 2.14. The van der Waals surface area contributed by atoms with Gasteiger partial charge in [0.25, 0.3) is 0 Å². The number of hydrogen-bond acceptors (Lipinski definition) is 1. The van der Waals surface area contributed by atoms with Crippen molar-refractivity contribution in [3.63, 3.8) is 0 Å². The first kappa shape index (κ1) is 14.3. The Morgan fingerprint density at radius 3 is 2.43 bits per heavy atom. The smallest absolute Gasteiger partial charge is 0.335 e. The van der Waals surface area contributed by atoms with Crippen molar-refractivity contribution < 1.29 is 32.7 Å². The Kier molecular flexibility index (Phi) is 7.71. The van der Waals surface area contributed by atoms with Crippen molar-refractivity contribution in [2.45, 2.75) is 26.9 Å². The summed E-state index contributed by atoms with van der Waals surface area (Å²) >= 11 is 0. The Labute approximate surface area is 113 Å². The van der Waals surface area contributed by atoms with E-state index in [2.05, 4.69) is 30.1 Å². The van der Waals surface area contributed by atoms with Gasteiger partial charge in [0.2, 0.25) is 0 Å². The minimum atomic E-state index is 0. The maximum absolute atomic E-state index is 3.09. The van der Waals surface area contributed by atoms with Gasteiger partial charge < -0.3 is 11.3 Å². The Hall–Kier alpha value is 0.284. The van der Waals surface area contributed by atoms with E-state index in [9.17, 15) is 0 Å². The molecule has 1 aromatic carbocycles. The molecule has 14 heavy (non-hydrogen) atoms. The van der Waals surface area contributed by atoms with Gasteiger partial charge in [-0.1, -0.05) is 0 Å². The first-order valence-electron chi connectivity index (χ1n) is 4.68. The average Bonchev–Trinajstić information content (AvgIpc) is 2.45. The van der Waals surface area contributed by atoms with Crippen LogP contribution in [0, 0.1) is 12.5 Å². The van der Waals surface area contributed by atoms with Gasteiger partial charge in [-0.15, -0.1) is 11.1 Å². The fourth-order valence-electron chi connectivity index (χ4n) is 1.44. The van der Waals surface area contributed by atoms with Crippen LogP contribution in [0.25, 0.3) is 0 Å². The van der Waals surface area contributed by atoms with Gasteiger partial charge in [-0.25, -0.2) is 0 Å². The zero-order valence-electron chi connectivity index (χ0n) is 9.25. The summed E-state index contributed by atoms with van der Waals surface area (Å²) < 4.78 is 0. The van der Waals surface area contributed by atoms with Crippen molar-refractivity contribution in [3.05, 3.63) is 41.8 Å². The summed E-state index contributed by atoms with van der Waals surface area (Å²) in [6, 6.07) is 9.30. The average molecular weight is 264 g/mol. The van der Waals surface area contributed by atoms with Crippen LogP contribution < -0.4 is 0 Å². The first-order valence-corrected chi connectivity index (χ1v) is 4.68. The molecule has 1 heterocycles. The fraction of sp³-hybridized carbons (Fsp3) is 0.417. The maximum atomic E-state index is 3.09. The van der Waals surface area contributed by atoms with E-state index in [1.807, 2.05) is 26.3 Å². The van der Waals surface area contributed by atoms with Crippen LogP contribution in [0.1, 0.15) is 25.0 Å². The summed E-state index contributed by atoms with van der Waals surface area (Å²) in [6.45, 7) is 6.19. The van der Waals surface area contributed by atoms with Crippen LogP contribution in [-0.4, -0.2) is 11.9 Å². The molecule has 0 N–H and O–H groups in total. The van der Waals surface area contributed by atoms with E-state index in [0.29, 0.717) is 0 Å². The summed E-state index contributed by atoms with van der Waals surface area (Å²) in [5.74, 6) is 0. The molecule has 1 aliphatic rings. The third kappa shape index (κ3) is 4.21. The molecule has 72 valence electrons. The molecule has 0 unspecified atom stereocenters. The van der Waals surface area contributed by atoms with Crippen molar-refractivity contribution in [3.8, 4) is 0 Å². The van der Waals surface area contributed by atoms with E-state index in [0.717, 1.165) is 13.1 Å². The van der Waals surface area contributed by atoms with Crippen molar-refractivity contribution in [2.24, 2.45) is 0 Å². The van der Waals surface area contributed by atoms with Crippen LogP contribution in [0.5, 0.6) is 0 Å². The summed E-state index contributed by atoms with van der Waals surface area (Å²) in [5.41, 5.74) is 2.89. The van der Waals surface area contributed by atoms with Gasteiger partial charge in [0.1, 0.15) is 0 Å². The van der Waals surface area contributed by atoms with Gasteiger partial charge in [0.05, 0.1) is 0 Å². The molecule has 0 aromatic heterocycles. The molecule has 0 radical (unpaired) electrons. The maximum Gasteiger partial charge on any atom is 3.00 e. The third-order valence-corrected chi connectivity index (χ3v) is 1.93. The van der Waals surface area contributed by atoms with E-state index in [4.69, 9.17) is 0 Å². The molecule has 0 atom stereocenters. The van der Waals surface area contributed by atoms with Crippen LogP contribution in [0.3, 0.4) is 0 Å². The van der Waals surface area contributed by atoms with Crippen molar-refractivity contribution >= 4 is 0 Å². The minimum absolute atomic E-state index is 0. The molecule has 0 fully saturated rings. The van der Waals surface area contributed by atoms with Crippen molar-refractivity contribution in [2.75, 3.05) is 7.05 Å². The van der Waals surface area contributed by atoms with E-state index in [-0.39, 0.29) is 32.7 Å². The molecule has 0 bridgehead atoms. The summed E-state index contributed by atoms with van der Waals surface area (Å²) in [6.07, 6.45) is 2.00. The molecular weight excluding hydrogens is 247 g/mol. The van der Waals surface area contributed by atoms with Gasteiger partial charge >= 0.3 is 32.7 Å². The van der Waals surface area contributed by atoms with Gasteiger partial charge in [0, 0.05) is 6.54 Å². The van der Waals surface area contributed by atoms with Crippen LogP contribution in [-0.2, 0) is 45.8 Å². The largest absolute Gasteiger partial charge is 3.00 e. The molecule has 1 nitrogen and oxygen atoms in total. The van der Waals surface area contributed by atoms with Crippen molar-refractivity contribution in [1.82, 2.24) is 4.90 Å². The van der Waals surface area contributed by atoms with E-state index in [1.165, 1.54) is 11.1 Å². The second kappa shape index (κ2) is 7.56. The molecule has 0 amide bonds. The molecule has 0 aliphatic carbocycles. The fourth-order valence-corrected chi connectivity index (χ4v) is 1.44. The molecule has 0 saturated heterocycles. The predicted octanol–water partition coefficient (Wildman–Crippen LogP) is 2.66. The first-order chi connectivity index (χ1) is 6.27. The Bertz CT molecular complexity index is 235. The molecule has 0 spiro atoms. The van der Waals surface area contributed by atoms with E-state index in [1.54, 1.807) is 0 Å². The molecule has 2 rings (SSSR count). The molecular formula is C12H17NY+. The number of benzene rings is 1. The molecule has 1 aromatic rings. The molecule has 1 aliphatic heterocycles. The van der Waals surface area contributed by atoms with Crippen LogP contribution in [0.2, 0.25) is 0 Å². The quantitative estimate of drug-likeness (QED) is 0.651. The van der Waals surface area contributed by atoms with Crippen LogP contribution >= 0.6 is 0 Å². The summed E-state index contributed by atoms with van der Waals surface area (Å²) in [4.78, 5) is 2.30. The van der Waals surface area contributed by atoms with Crippen LogP contribution in [0.4, 0.5) is 0 Å². The normalized spacial score (nSPS) is 13.6. The van der Waals surface area contributed by atoms with E-state index >= 15 is 0 Å². The summed E-state index contributed by atoms with van der Waals surface area (Å²) in [5, 5.41) is 0. The number of rotatable bonds is 0. The van der Waals surface area contributed by atoms with Gasteiger partial charge in [-0.3, -0.25) is 0 Å². The number of nitrogens with zero attached hydrogens (tertiary/aromatic N) is 1. The SMILES string of the molecule is CN1Cc2c[c-]ccc2C1.C[CH-]C.[Y+3]. The Balaban J connectivity index is 0.000000381. The monoisotopic (exact) mass is 264 g/mol. The zero-order valence-corrected chi connectivity index (χ0v) is 12.1.